The normalized spacial score (nSPS) is 18.4. The van der Waals surface area contributed by atoms with E-state index in [9.17, 15) is 0 Å². The standard InChI is InChI=1S/C12H26N2O/c1-4-5-12(10-13-11-6-7-11)14(2)8-9-15-3/h11-13H,4-10H2,1-3H3. The monoisotopic (exact) mass is 214 g/mol. The molecule has 90 valence electrons. The summed E-state index contributed by atoms with van der Waals surface area (Å²) in [5, 5.41) is 3.62. The Balaban J connectivity index is 2.19. The summed E-state index contributed by atoms with van der Waals surface area (Å²) >= 11 is 0. The maximum Gasteiger partial charge on any atom is 0.0589 e. The van der Waals surface area contributed by atoms with Crippen molar-refractivity contribution in [1.82, 2.24) is 10.2 Å². The van der Waals surface area contributed by atoms with Gasteiger partial charge in [-0.2, -0.15) is 0 Å². The van der Waals surface area contributed by atoms with Gasteiger partial charge in [-0.1, -0.05) is 13.3 Å². The summed E-state index contributed by atoms with van der Waals surface area (Å²) in [4.78, 5) is 2.42. The molecule has 1 rings (SSSR count). The summed E-state index contributed by atoms with van der Waals surface area (Å²) in [6, 6.07) is 1.49. The molecular formula is C12H26N2O. The lowest BCUT2D eigenvalue weighted by molar-refractivity contribution is 0.133. The molecule has 1 fully saturated rings. The fraction of sp³-hybridized carbons (Fsp3) is 1.00. The Bertz CT molecular complexity index is 160. The zero-order chi connectivity index (χ0) is 11.1. The first-order valence-electron chi connectivity index (χ1n) is 6.20. The second kappa shape index (κ2) is 7.20. The van der Waals surface area contributed by atoms with Gasteiger partial charge in [0, 0.05) is 32.3 Å². The van der Waals surface area contributed by atoms with Crippen molar-refractivity contribution < 1.29 is 4.74 Å². The van der Waals surface area contributed by atoms with Crippen LogP contribution >= 0.6 is 0 Å². The SMILES string of the molecule is CCCC(CNC1CC1)N(C)CCOC. The molecule has 15 heavy (non-hydrogen) atoms. The smallest absolute Gasteiger partial charge is 0.0589 e. The zero-order valence-electron chi connectivity index (χ0n) is 10.5. The van der Waals surface area contributed by atoms with E-state index < -0.39 is 0 Å². The fourth-order valence-electron chi connectivity index (χ4n) is 1.82. The minimum atomic E-state index is 0.672. The van der Waals surface area contributed by atoms with Gasteiger partial charge in [0.25, 0.3) is 0 Å². The molecule has 1 aliphatic carbocycles. The quantitative estimate of drug-likeness (QED) is 0.629. The van der Waals surface area contributed by atoms with Gasteiger partial charge in [0.05, 0.1) is 6.61 Å². The third-order valence-corrected chi connectivity index (χ3v) is 3.11. The zero-order valence-corrected chi connectivity index (χ0v) is 10.5. The predicted molar refractivity (Wildman–Crippen MR) is 64.2 cm³/mol. The summed E-state index contributed by atoms with van der Waals surface area (Å²) in [7, 11) is 3.97. The topological polar surface area (TPSA) is 24.5 Å². The Morgan fingerprint density at radius 1 is 1.47 bits per heavy atom. The van der Waals surface area contributed by atoms with Crippen LogP contribution < -0.4 is 5.32 Å². The summed E-state index contributed by atoms with van der Waals surface area (Å²) in [6.45, 7) is 5.26. The Labute approximate surface area is 94.2 Å². The summed E-state index contributed by atoms with van der Waals surface area (Å²) < 4.78 is 5.12. The lowest BCUT2D eigenvalue weighted by atomic mass is 10.1. The first kappa shape index (κ1) is 12.9. The van der Waals surface area contributed by atoms with E-state index in [0.717, 1.165) is 25.7 Å². The first-order valence-corrected chi connectivity index (χ1v) is 6.20. The van der Waals surface area contributed by atoms with Crippen LogP contribution in [0.2, 0.25) is 0 Å². The minimum absolute atomic E-state index is 0.672. The fourth-order valence-corrected chi connectivity index (χ4v) is 1.82. The van der Waals surface area contributed by atoms with Crippen LogP contribution in [0.4, 0.5) is 0 Å². The molecule has 0 bridgehead atoms. The number of nitrogens with zero attached hydrogens (tertiary/aromatic N) is 1. The van der Waals surface area contributed by atoms with E-state index >= 15 is 0 Å². The maximum atomic E-state index is 5.12. The van der Waals surface area contributed by atoms with Crippen LogP contribution in [0.25, 0.3) is 0 Å². The molecule has 0 saturated heterocycles. The van der Waals surface area contributed by atoms with Crippen LogP contribution in [0, 0.1) is 0 Å². The van der Waals surface area contributed by atoms with Gasteiger partial charge in [0.2, 0.25) is 0 Å². The maximum absolute atomic E-state index is 5.12. The molecule has 1 unspecified atom stereocenters. The van der Waals surface area contributed by atoms with E-state index in [4.69, 9.17) is 4.74 Å². The molecule has 0 aromatic carbocycles. The van der Waals surface area contributed by atoms with E-state index in [1.807, 2.05) is 0 Å². The van der Waals surface area contributed by atoms with Crippen molar-refractivity contribution in [1.29, 1.82) is 0 Å². The molecular weight excluding hydrogens is 188 g/mol. The molecule has 0 aliphatic heterocycles. The van der Waals surface area contributed by atoms with Gasteiger partial charge >= 0.3 is 0 Å². The van der Waals surface area contributed by atoms with Crippen molar-refractivity contribution in [3.8, 4) is 0 Å². The molecule has 1 atom stereocenters. The van der Waals surface area contributed by atoms with Crippen molar-refractivity contribution in [3.05, 3.63) is 0 Å². The molecule has 0 aromatic heterocycles. The average molecular weight is 214 g/mol. The van der Waals surface area contributed by atoms with Gasteiger partial charge in [-0.15, -0.1) is 0 Å². The van der Waals surface area contributed by atoms with Gasteiger partial charge in [0.1, 0.15) is 0 Å². The van der Waals surface area contributed by atoms with Crippen LogP contribution in [0.15, 0.2) is 0 Å². The Morgan fingerprint density at radius 2 is 2.20 bits per heavy atom. The van der Waals surface area contributed by atoms with Crippen molar-refractivity contribution in [2.45, 2.75) is 44.7 Å². The van der Waals surface area contributed by atoms with Crippen LogP contribution in [-0.2, 0) is 4.74 Å². The minimum Gasteiger partial charge on any atom is -0.383 e. The number of hydrogen-bond acceptors (Lipinski definition) is 3. The summed E-state index contributed by atoms with van der Waals surface area (Å²) in [6.07, 6.45) is 5.29. The average Bonchev–Trinajstić information content (AvgIpc) is 3.04. The van der Waals surface area contributed by atoms with Crippen LogP contribution in [-0.4, -0.2) is 50.8 Å². The largest absolute Gasteiger partial charge is 0.383 e. The third-order valence-electron chi connectivity index (χ3n) is 3.11. The number of ether oxygens (including phenoxy) is 1. The van der Waals surface area contributed by atoms with Crippen molar-refractivity contribution in [2.24, 2.45) is 0 Å². The molecule has 0 amide bonds. The number of nitrogens with one attached hydrogen (secondary N) is 1. The molecule has 3 heteroatoms. The second-order valence-electron chi connectivity index (χ2n) is 4.60. The Kier molecular flexibility index (Phi) is 6.22. The van der Waals surface area contributed by atoms with Gasteiger partial charge in [-0.25, -0.2) is 0 Å². The van der Waals surface area contributed by atoms with Gasteiger partial charge in [-0.3, -0.25) is 4.90 Å². The molecule has 0 radical (unpaired) electrons. The van der Waals surface area contributed by atoms with E-state index in [2.05, 4.69) is 24.2 Å². The summed E-state index contributed by atoms with van der Waals surface area (Å²) in [5.74, 6) is 0. The summed E-state index contributed by atoms with van der Waals surface area (Å²) in [5.41, 5.74) is 0. The van der Waals surface area contributed by atoms with E-state index in [1.54, 1.807) is 7.11 Å². The molecule has 1 aliphatic rings. The van der Waals surface area contributed by atoms with Gasteiger partial charge in [0.15, 0.2) is 0 Å². The van der Waals surface area contributed by atoms with E-state index in [0.29, 0.717) is 6.04 Å². The third kappa shape index (κ3) is 5.50. The molecule has 1 saturated carbocycles. The number of hydrogen-bond donors (Lipinski definition) is 1. The van der Waals surface area contributed by atoms with Crippen molar-refractivity contribution in [3.63, 3.8) is 0 Å². The van der Waals surface area contributed by atoms with Gasteiger partial charge in [-0.05, 0) is 26.3 Å². The lowest BCUT2D eigenvalue weighted by Gasteiger charge is -2.28. The second-order valence-corrected chi connectivity index (χ2v) is 4.60. The number of rotatable bonds is 9. The van der Waals surface area contributed by atoms with Crippen LogP contribution in [0.5, 0.6) is 0 Å². The lowest BCUT2D eigenvalue weighted by Crippen LogP contribution is -2.42. The molecule has 0 heterocycles. The highest BCUT2D eigenvalue weighted by atomic mass is 16.5. The highest BCUT2D eigenvalue weighted by Crippen LogP contribution is 2.19. The van der Waals surface area contributed by atoms with Crippen molar-refractivity contribution >= 4 is 0 Å². The highest BCUT2D eigenvalue weighted by molar-refractivity contribution is 4.83. The number of likely N-dealkylation sites (N-methyl/N-ethyl adjacent to an activating group) is 1. The molecule has 0 spiro atoms. The highest BCUT2D eigenvalue weighted by Gasteiger charge is 2.22. The molecule has 0 aromatic rings. The van der Waals surface area contributed by atoms with E-state index in [1.165, 1.54) is 25.7 Å². The van der Waals surface area contributed by atoms with Crippen molar-refractivity contribution in [2.75, 3.05) is 33.9 Å². The molecule has 1 N–H and O–H groups in total. The van der Waals surface area contributed by atoms with Crippen LogP contribution in [0.3, 0.4) is 0 Å². The number of methoxy groups -OCH3 is 1. The van der Waals surface area contributed by atoms with Gasteiger partial charge < -0.3 is 10.1 Å². The Morgan fingerprint density at radius 3 is 2.73 bits per heavy atom. The first-order chi connectivity index (χ1) is 7.27. The predicted octanol–water partition coefficient (Wildman–Crippen LogP) is 1.49. The van der Waals surface area contributed by atoms with Crippen LogP contribution in [0.1, 0.15) is 32.6 Å². The molecule has 3 nitrogen and oxygen atoms in total. The Hall–Kier alpha value is -0.120. The van der Waals surface area contributed by atoms with E-state index in [-0.39, 0.29) is 0 Å².